The van der Waals surface area contributed by atoms with Crippen LogP contribution in [0, 0.1) is 12.7 Å². The summed E-state index contributed by atoms with van der Waals surface area (Å²) in [5, 5.41) is 5.88. The fourth-order valence-corrected chi connectivity index (χ4v) is 2.87. The molecule has 130 valence electrons. The van der Waals surface area contributed by atoms with Gasteiger partial charge in [-0.3, -0.25) is 4.79 Å². The molecule has 1 aliphatic heterocycles. The third-order valence-corrected chi connectivity index (χ3v) is 4.49. The maximum Gasteiger partial charge on any atom is 0.319 e. The fraction of sp³-hybridized carbons (Fsp3) is 0.222. The molecule has 1 aliphatic rings. The molecule has 0 bridgehead atoms. The van der Waals surface area contributed by atoms with E-state index in [9.17, 15) is 14.0 Å². The lowest BCUT2D eigenvalue weighted by atomic mass is 10.2. The molecular formula is C18H17ClFN3O2. The first-order valence-corrected chi connectivity index (χ1v) is 8.22. The average Bonchev–Trinajstić information content (AvgIpc) is 2.93. The predicted molar refractivity (Wildman–Crippen MR) is 95.5 cm³/mol. The van der Waals surface area contributed by atoms with Crippen molar-refractivity contribution in [3.63, 3.8) is 0 Å². The van der Waals surface area contributed by atoms with Crippen molar-refractivity contribution in [2.24, 2.45) is 0 Å². The number of carbonyl (C=O) groups is 2. The zero-order valence-corrected chi connectivity index (χ0v) is 14.3. The molecule has 2 N–H and O–H groups in total. The molecule has 0 saturated carbocycles. The summed E-state index contributed by atoms with van der Waals surface area (Å²) >= 11 is 6.03. The van der Waals surface area contributed by atoms with Gasteiger partial charge in [-0.1, -0.05) is 17.7 Å². The summed E-state index contributed by atoms with van der Waals surface area (Å²) in [7, 11) is 0. The molecule has 5 nitrogen and oxygen atoms in total. The highest BCUT2D eigenvalue weighted by atomic mass is 35.5. The third kappa shape index (κ3) is 3.91. The van der Waals surface area contributed by atoms with Gasteiger partial charge in [-0.05, 0) is 55.3 Å². The minimum absolute atomic E-state index is 0.219. The lowest BCUT2D eigenvalue weighted by molar-refractivity contribution is -0.118. The van der Waals surface area contributed by atoms with Crippen LogP contribution in [0.4, 0.5) is 20.6 Å². The number of nitrogens with one attached hydrogen (secondary N) is 2. The van der Waals surface area contributed by atoms with E-state index in [1.807, 2.05) is 6.92 Å². The van der Waals surface area contributed by atoms with E-state index in [2.05, 4.69) is 10.6 Å². The number of rotatable bonds is 3. The van der Waals surface area contributed by atoms with Crippen LogP contribution in [0.1, 0.15) is 12.0 Å². The molecule has 3 rings (SSSR count). The molecule has 0 aliphatic carbocycles. The highest BCUT2D eigenvalue weighted by Crippen LogP contribution is 2.22. The molecule has 7 heteroatoms. The van der Waals surface area contributed by atoms with Gasteiger partial charge < -0.3 is 15.5 Å². The van der Waals surface area contributed by atoms with Crippen LogP contribution >= 0.6 is 11.6 Å². The van der Waals surface area contributed by atoms with Crippen LogP contribution in [-0.4, -0.2) is 24.5 Å². The average molecular weight is 362 g/mol. The van der Waals surface area contributed by atoms with Gasteiger partial charge in [0.1, 0.15) is 11.9 Å². The van der Waals surface area contributed by atoms with Crippen molar-refractivity contribution in [1.82, 2.24) is 5.32 Å². The second-order valence-corrected chi connectivity index (χ2v) is 6.28. The Kier molecular flexibility index (Phi) is 4.90. The molecule has 0 radical (unpaired) electrons. The first-order chi connectivity index (χ1) is 11.9. The Morgan fingerprint density at radius 2 is 1.96 bits per heavy atom. The molecule has 1 atom stereocenters. The van der Waals surface area contributed by atoms with E-state index in [0.717, 1.165) is 5.56 Å². The van der Waals surface area contributed by atoms with Gasteiger partial charge in [0.15, 0.2) is 0 Å². The molecule has 2 aromatic carbocycles. The van der Waals surface area contributed by atoms with E-state index in [0.29, 0.717) is 29.4 Å². The molecule has 0 aromatic heterocycles. The Bertz CT molecular complexity index is 810. The maximum atomic E-state index is 13.0. The molecule has 1 saturated heterocycles. The number of urea groups is 1. The summed E-state index contributed by atoms with van der Waals surface area (Å²) in [5.74, 6) is -0.579. The van der Waals surface area contributed by atoms with Crippen LogP contribution in [0.15, 0.2) is 42.5 Å². The summed E-state index contributed by atoms with van der Waals surface area (Å²) in [6, 6.07) is 9.79. The van der Waals surface area contributed by atoms with Crippen molar-refractivity contribution in [3.8, 4) is 0 Å². The number of amides is 3. The van der Waals surface area contributed by atoms with E-state index in [-0.39, 0.29) is 11.7 Å². The monoisotopic (exact) mass is 361 g/mol. The molecule has 3 amide bonds. The number of hydrogen-bond acceptors (Lipinski definition) is 2. The van der Waals surface area contributed by atoms with E-state index in [1.165, 1.54) is 17.0 Å². The zero-order chi connectivity index (χ0) is 18.0. The summed E-state index contributed by atoms with van der Waals surface area (Å²) in [6.45, 7) is 2.33. The Balaban J connectivity index is 1.61. The molecule has 2 aromatic rings. The van der Waals surface area contributed by atoms with Crippen molar-refractivity contribution in [3.05, 3.63) is 58.9 Å². The van der Waals surface area contributed by atoms with Gasteiger partial charge in [0, 0.05) is 22.9 Å². The van der Waals surface area contributed by atoms with Crippen LogP contribution in [0.2, 0.25) is 5.02 Å². The van der Waals surface area contributed by atoms with Gasteiger partial charge in [-0.2, -0.15) is 0 Å². The van der Waals surface area contributed by atoms with Crippen LogP contribution in [-0.2, 0) is 4.79 Å². The zero-order valence-electron chi connectivity index (χ0n) is 13.6. The van der Waals surface area contributed by atoms with Gasteiger partial charge in [0.25, 0.3) is 0 Å². The van der Waals surface area contributed by atoms with Gasteiger partial charge in [0.2, 0.25) is 5.91 Å². The van der Waals surface area contributed by atoms with Crippen LogP contribution < -0.4 is 15.5 Å². The molecule has 0 spiro atoms. The highest BCUT2D eigenvalue weighted by molar-refractivity contribution is 6.31. The molecule has 1 fully saturated rings. The summed E-state index contributed by atoms with van der Waals surface area (Å²) in [5.41, 5.74) is 2.07. The number of nitrogens with zero attached hydrogens (tertiary/aromatic N) is 1. The second-order valence-electron chi connectivity index (χ2n) is 5.87. The Morgan fingerprint density at radius 3 is 2.64 bits per heavy atom. The topological polar surface area (TPSA) is 61.4 Å². The van der Waals surface area contributed by atoms with E-state index in [1.54, 1.807) is 30.3 Å². The Hall–Kier alpha value is -2.60. The highest BCUT2D eigenvalue weighted by Gasteiger charge is 2.33. The minimum atomic E-state index is -0.619. The standard InChI is InChI=1S/C18H17ClFN3O2/c1-11-2-5-13(10-15(11)19)21-18(25)22-16-8-9-23(17(16)24)14-6-3-12(20)4-7-14/h2-7,10,16H,8-9H2,1H3,(H2,21,22,25). The molecule has 1 unspecified atom stereocenters. The van der Waals surface area contributed by atoms with E-state index >= 15 is 0 Å². The van der Waals surface area contributed by atoms with Crippen molar-refractivity contribution in [2.45, 2.75) is 19.4 Å². The van der Waals surface area contributed by atoms with Crippen molar-refractivity contribution in [2.75, 3.05) is 16.8 Å². The second kappa shape index (κ2) is 7.11. The number of carbonyl (C=O) groups excluding carboxylic acids is 2. The predicted octanol–water partition coefficient (Wildman–Crippen LogP) is 3.71. The Morgan fingerprint density at radius 1 is 1.24 bits per heavy atom. The molecular weight excluding hydrogens is 345 g/mol. The van der Waals surface area contributed by atoms with Crippen molar-refractivity contribution in [1.29, 1.82) is 0 Å². The lowest BCUT2D eigenvalue weighted by Crippen LogP contribution is -2.43. The van der Waals surface area contributed by atoms with Gasteiger partial charge in [0.05, 0.1) is 0 Å². The summed E-state index contributed by atoms with van der Waals surface area (Å²) < 4.78 is 13.0. The number of halogens is 2. The third-order valence-electron chi connectivity index (χ3n) is 4.08. The number of aryl methyl sites for hydroxylation is 1. The summed E-state index contributed by atoms with van der Waals surface area (Å²) in [6.07, 6.45) is 0.484. The first-order valence-electron chi connectivity index (χ1n) is 7.84. The van der Waals surface area contributed by atoms with Crippen molar-refractivity contribution < 1.29 is 14.0 Å². The quantitative estimate of drug-likeness (QED) is 0.875. The van der Waals surface area contributed by atoms with E-state index in [4.69, 9.17) is 11.6 Å². The largest absolute Gasteiger partial charge is 0.326 e. The number of anilines is 2. The fourth-order valence-electron chi connectivity index (χ4n) is 2.69. The maximum absolute atomic E-state index is 13.0. The van der Waals surface area contributed by atoms with Crippen LogP contribution in [0.5, 0.6) is 0 Å². The van der Waals surface area contributed by atoms with Gasteiger partial charge >= 0.3 is 6.03 Å². The SMILES string of the molecule is Cc1ccc(NC(=O)NC2CCN(c3ccc(F)cc3)C2=O)cc1Cl. The van der Waals surface area contributed by atoms with Crippen LogP contribution in [0.25, 0.3) is 0 Å². The summed E-state index contributed by atoms with van der Waals surface area (Å²) in [4.78, 5) is 26.1. The minimum Gasteiger partial charge on any atom is -0.326 e. The number of hydrogen-bond donors (Lipinski definition) is 2. The number of benzene rings is 2. The molecule has 25 heavy (non-hydrogen) atoms. The van der Waals surface area contributed by atoms with Gasteiger partial charge in [-0.25, -0.2) is 9.18 Å². The van der Waals surface area contributed by atoms with E-state index < -0.39 is 12.1 Å². The van der Waals surface area contributed by atoms with Gasteiger partial charge in [-0.15, -0.1) is 0 Å². The Labute approximate surface area is 149 Å². The van der Waals surface area contributed by atoms with Crippen molar-refractivity contribution >= 4 is 34.9 Å². The lowest BCUT2D eigenvalue weighted by Gasteiger charge is -2.17. The first kappa shape index (κ1) is 17.2. The van der Waals surface area contributed by atoms with Crippen LogP contribution in [0.3, 0.4) is 0 Å². The smallest absolute Gasteiger partial charge is 0.319 e. The normalized spacial score (nSPS) is 16.8. The molecule has 1 heterocycles.